The third kappa shape index (κ3) is 6.79. The molecule has 0 aliphatic rings. The molecule has 3 amide bonds. The fraction of sp³-hybridized carbons (Fsp3) is 0.571. The molecule has 0 aliphatic carbocycles. The lowest BCUT2D eigenvalue weighted by molar-refractivity contribution is -0.138. The Balaban J connectivity index is 3.62. The second-order valence-corrected chi connectivity index (χ2v) is 2.30. The van der Waals surface area contributed by atoms with Crippen molar-refractivity contribution in [1.29, 1.82) is 0 Å². The van der Waals surface area contributed by atoms with E-state index in [0.29, 0.717) is 6.54 Å². The Morgan fingerprint density at radius 1 is 1.23 bits per heavy atom. The molecule has 6 heteroatoms. The molecule has 0 aromatic rings. The van der Waals surface area contributed by atoms with Crippen molar-refractivity contribution >= 4 is 17.9 Å². The largest absolute Gasteiger partial charge is 0.481 e. The topological polar surface area (TPSA) is 95.5 Å². The number of hydrogen-bond acceptors (Lipinski definition) is 3. The number of urea groups is 1. The van der Waals surface area contributed by atoms with Crippen LogP contribution in [0.1, 0.15) is 19.8 Å². The van der Waals surface area contributed by atoms with Crippen LogP contribution in [0.25, 0.3) is 0 Å². The number of carbonyl (C=O) groups excluding carboxylic acids is 2. The molecule has 13 heavy (non-hydrogen) atoms. The Kier molecular flexibility index (Phi) is 5.25. The number of amides is 3. The van der Waals surface area contributed by atoms with E-state index in [2.05, 4.69) is 5.32 Å². The number of carboxylic acid groups (broad SMARTS) is 1. The summed E-state index contributed by atoms with van der Waals surface area (Å²) in [5.74, 6) is -1.65. The lowest BCUT2D eigenvalue weighted by Gasteiger charge is -2.02. The Hall–Kier alpha value is -1.59. The summed E-state index contributed by atoms with van der Waals surface area (Å²) in [6.07, 6.45) is -0.461. The average molecular weight is 188 g/mol. The molecular formula is C7H12N2O4. The van der Waals surface area contributed by atoms with E-state index in [4.69, 9.17) is 5.11 Å². The average Bonchev–Trinajstić information content (AvgIpc) is 2.01. The molecule has 0 rings (SSSR count). The van der Waals surface area contributed by atoms with E-state index in [9.17, 15) is 14.4 Å². The Morgan fingerprint density at radius 2 is 1.85 bits per heavy atom. The van der Waals surface area contributed by atoms with Gasteiger partial charge in [0.15, 0.2) is 0 Å². The van der Waals surface area contributed by atoms with Crippen LogP contribution in [0.4, 0.5) is 4.79 Å². The number of imide groups is 1. The van der Waals surface area contributed by atoms with Crippen molar-refractivity contribution in [2.75, 3.05) is 6.54 Å². The van der Waals surface area contributed by atoms with Gasteiger partial charge in [-0.3, -0.25) is 14.9 Å². The van der Waals surface area contributed by atoms with Crippen LogP contribution in [0.3, 0.4) is 0 Å². The van der Waals surface area contributed by atoms with Gasteiger partial charge in [-0.1, -0.05) is 0 Å². The number of hydrogen-bond donors (Lipinski definition) is 3. The molecular weight excluding hydrogens is 176 g/mol. The van der Waals surface area contributed by atoms with E-state index < -0.39 is 17.9 Å². The van der Waals surface area contributed by atoms with Crippen molar-refractivity contribution in [3.8, 4) is 0 Å². The van der Waals surface area contributed by atoms with E-state index in [0.717, 1.165) is 0 Å². The van der Waals surface area contributed by atoms with Gasteiger partial charge in [0.1, 0.15) is 0 Å². The molecule has 0 radical (unpaired) electrons. The van der Waals surface area contributed by atoms with Gasteiger partial charge in [-0.05, 0) is 6.92 Å². The van der Waals surface area contributed by atoms with Crippen molar-refractivity contribution < 1.29 is 19.5 Å². The first-order chi connectivity index (χ1) is 6.06. The molecule has 0 saturated heterocycles. The molecule has 0 aromatic heterocycles. The smallest absolute Gasteiger partial charge is 0.321 e. The van der Waals surface area contributed by atoms with Gasteiger partial charge < -0.3 is 10.4 Å². The van der Waals surface area contributed by atoms with Gasteiger partial charge in [-0.25, -0.2) is 4.79 Å². The van der Waals surface area contributed by atoms with Crippen molar-refractivity contribution in [2.45, 2.75) is 19.8 Å². The zero-order valence-electron chi connectivity index (χ0n) is 7.29. The summed E-state index contributed by atoms with van der Waals surface area (Å²) < 4.78 is 0. The molecule has 0 aliphatic heterocycles. The third-order valence-electron chi connectivity index (χ3n) is 1.16. The molecule has 0 unspecified atom stereocenters. The highest BCUT2D eigenvalue weighted by Crippen LogP contribution is 1.87. The van der Waals surface area contributed by atoms with Gasteiger partial charge in [0.2, 0.25) is 5.91 Å². The van der Waals surface area contributed by atoms with Gasteiger partial charge in [-0.15, -0.1) is 0 Å². The Labute approximate surface area is 75.3 Å². The molecule has 0 aromatic carbocycles. The second-order valence-electron chi connectivity index (χ2n) is 2.30. The number of aliphatic carboxylic acids is 1. The molecule has 3 N–H and O–H groups in total. The first-order valence-electron chi connectivity index (χ1n) is 3.85. The molecule has 0 fully saturated rings. The van der Waals surface area contributed by atoms with Gasteiger partial charge in [-0.2, -0.15) is 0 Å². The minimum absolute atomic E-state index is 0.188. The zero-order valence-corrected chi connectivity index (χ0v) is 7.29. The first kappa shape index (κ1) is 11.4. The summed E-state index contributed by atoms with van der Waals surface area (Å²) in [6.45, 7) is 2.12. The second kappa shape index (κ2) is 5.99. The van der Waals surface area contributed by atoms with Crippen LogP contribution >= 0.6 is 0 Å². The van der Waals surface area contributed by atoms with Crippen LogP contribution in [0.15, 0.2) is 0 Å². The third-order valence-corrected chi connectivity index (χ3v) is 1.16. The van der Waals surface area contributed by atoms with Gasteiger partial charge in [0.05, 0.1) is 6.42 Å². The fourth-order valence-corrected chi connectivity index (χ4v) is 0.614. The summed E-state index contributed by atoms with van der Waals surface area (Å²) >= 11 is 0. The van der Waals surface area contributed by atoms with Gasteiger partial charge in [0, 0.05) is 13.0 Å². The maximum Gasteiger partial charge on any atom is 0.321 e. The SMILES string of the molecule is CCNC(=O)NC(=O)CCC(=O)O. The number of carbonyl (C=O) groups is 3. The standard InChI is InChI=1S/C7H12N2O4/c1-2-8-7(13)9-5(10)3-4-6(11)12/h2-4H2,1H3,(H,11,12)(H2,8,9,10,13). The van der Waals surface area contributed by atoms with Crippen LogP contribution in [-0.4, -0.2) is 29.6 Å². The van der Waals surface area contributed by atoms with E-state index in [-0.39, 0.29) is 12.8 Å². The van der Waals surface area contributed by atoms with E-state index in [1.165, 1.54) is 0 Å². The predicted molar refractivity (Wildman–Crippen MR) is 44.1 cm³/mol. The summed E-state index contributed by atoms with van der Waals surface area (Å²) in [5.41, 5.74) is 0. The summed E-state index contributed by atoms with van der Waals surface area (Å²) in [6, 6.07) is -0.599. The molecule has 0 atom stereocenters. The summed E-state index contributed by atoms with van der Waals surface area (Å²) in [7, 11) is 0. The van der Waals surface area contributed by atoms with Crippen molar-refractivity contribution in [2.24, 2.45) is 0 Å². The highest BCUT2D eigenvalue weighted by molar-refractivity contribution is 5.95. The number of nitrogens with one attached hydrogen (secondary N) is 2. The lowest BCUT2D eigenvalue weighted by Crippen LogP contribution is -2.39. The summed E-state index contributed by atoms with van der Waals surface area (Å²) in [5, 5.41) is 12.5. The molecule has 0 bridgehead atoms. The van der Waals surface area contributed by atoms with Crippen LogP contribution < -0.4 is 10.6 Å². The Morgan fingerprint density at radius 3 is 2.31 bits per heavy atom. The van der Waals surface area contributed by atoms with E-state index in [1.807, 2.05) is 5.32 Å². The molecule has 6 nitrogen and oxygen atoms in total. The normalized spacial score (nSPS) is 9.00. The lowest BCUT2D eigenvalue weighted by atomic mass is 10.3. The van der Waals surface area contributed by atoms with Crippen LogP contribution in [0, 0.1) is 0 Å². The Bertz CT molecular complexity index is 215. The summed E-state index contributed by atoms with van der Waals surface area (Å²) in [4.78, 5) is 31.5. The van der Waals surface area contributed by atoms with Crippen molar-refractivity contribution in [3.05, 3.63) is 0 Å². The minimum Gasteiger partial charge on any atom is -0.481 e. The van der Waals surface area contributed by atoms with Crippen LogP contribution in [-0.2, 0) is 9.59 Å². The molecule has 74 valence electrons. The van der Waals surface area contributed by atoms with Crippen LogP contribution in [0.5, 0.6) is 0 Å². The fourth-order valence-electron chi connectivity index (χ4n) is 0.614. The monoisotopic (exact) mass is 188 g/mol. The highest BCUT2D eigenvalue weighted by Gasteiger charge is 2.07. The van der Waals surface area contributed by atoms with E-state index in [1.54, 1.807) is 6.92 Å². The number of carboxylic acids is 1. The zero-order chi connectivity index (χ0) is 10.3. The van der Waals surface area contributed by atoms with E-state index >= 15 is 0 Å². The quantitative estimate of drug-likeness (QED) is 0.564. The predicted octanol–water partition coefficient (Wildman–Crippen LogP) is -0.303. The van der Waals surface area contributed by atoms with Crippen molar-refractivity contribution in [3.63, 3.8) is 0 Å². The van der Waals surface area contributed by atoms with Crippen LogP contribution in [0.2, 0.25) is 0 Å². The molecule has 0 heterocycles. The van der Waals surface area contributed by atoms with Gasteiger partial charge >= 0.3 is 12.0 Å². The maximum absolute atomic E-state index is 10.8. The maximum atomic E-state index is 10.8. The van der Waals surface area contributed by atoms with Crippen molar-refractivity contribution in [1.82, 2.24) is 10.6 Å². The molecule has 0 saturated carbocycles. The highest BCUT2D eigenvalue weighted by atomic mass is 16.4. The number of rotatable bonds is 4. The molecule has 0 spiro atoms. The minimum atomic E-state index is -1.06. The van der Waals surface area contributed by atoms with Gasteiger partial charge in [0.25, 0.3) is 0 Å². The first-order valence-corrected chi connectivity index (χ1v) is 3.85.